The average molecular weight is 483 g/mol. The summed E-state index contributed by atoms with van der Waals surface area (Å²) in [5.41, 5.74) is 5.39. The standard InChI is InChI=1S/C29H26N2O3S/c32-26(30-16-6-10-20-8-2-1-3-9-20)19-34-29(33)27-23-12-4-5-13-25(23)31-28-21(14-15-24(27)28)18-22-11-7-17-35-22/h1-5,7-9,11-13,17-18H,6,10,14-16,19H2,(H,30,32). The Morgan fingerprint density at radius 2 is 1.83 bits per heavy atom. The van der Waals surface area contributed by atoms with Crippen molar-refractivity contribution in [2.45, 2.75) is 25.7 Å². The summed E-state index contributed by atoms with van der Waals surface area (Å²) in [5.74, 6) is -0.767. The number of thiophene rings is 1. The predicted octanol–water partition coefficient (Wildman–Crippen LogP) is 5.69. The Morgan fingerprint density at radius 1 is 1.00 bits per heavy atom. The van der Waals surface area contributed by atoms with Gasteiger partial charge in [0.2, 0.25) is 0 Å². The first-order chi connectivity index (χ1) is 17.2. The quantitative estimate of drug-likeness (QED) is 0.259. The van der Waals surface area contributed by atoms with E-state index in [1.807, 2.05) is 53.9 Å². The molecule has 0 spiro atoms. The lowest BCUT2D eigenvalue weighted by Crippen LogP contribution is -2.30. The number of rotatable bonds is 8. The van der Waals surface area contributed by atoms with Crippen molar-refractivity contribution < 1.29 is 14.3 Å². The second-order valence-electron chi connectivity index (χ2n) is 8.53. The summed E-state index contributed by atoms with van der Waals surface area (Å²) in [6.45, 7) is 0.239. The van der Waals surface area contributed by atoms with Crippen molar-refractivity contribution in [2.24, 2.45) is 0 Å². The van der Waals surface area contributed by atoms with Crippen LogP contribution in [0.3, 0.4) is 0 Å². The van der Waals surface area contributed by atoms with Gasteiger partial charge in [0.15, 0.2) is 6.61 Å². The molecule has 0 bridgehead atoms. The number of hydrogen-bond donors (Lipinski definition) is 1. The number of esters is 1. The average Bonchev–Trinajstić information content (AvgIpc) is 3.55. The molecule has 5 rings (SSSR count). The van der Waals surface area contributed by atoms with Crippen molar-refractivity contribution >= 4 is 45.8 Å². The Morgan fingerprint density at radius 3 is 2.66 bits per heavy atom. The lowest BCUT2D eigenvalue weighted by Gasteiger charge is -2.12. The van der Waals surface area contributed by atoms with Crippen LogP contribution < -0.4 is 5.32 Å². The van der Waals surface area contributed by atoms with E-state index >= 15 is 0 Å². The van der Waals surface area contributed by atoms with Gasteiger partial charge in [0.25, 0.3) is 5.91 Å². The third kappa shape index (κ3) is 5.33. The van der Waals surface area contributed by atoms with E-state index in [4.69, 9.17) is 9.72 Å². The van der Waals surface area contributed by atoms with Crippen LogP contribution in [0.15, 0.2) is 72.1 Å². The monoisotopic (exact) mass is 482 g/mol. The van der Waals surface area contributed by atoms with E-state index in [9.17, 15) is 9.59 Å². The van der Waals surface area contributed by atoms with Gasteiger partial charge in [-0.15, -0.1) is 11.3 Å². The molecule has 176 valence electrons. The smallest absolute Gasteiger partial charge is 0.339 e. The Labute approximate surface area is 208 Å². The number of nitrogens with one attached hydrogen (secondary N) is 1. The number of para-hydroxylation sites is 1. The molecule has 0 unspecified atom stereocenters. The Hall–Kier alpha value is -3.77. The third-order valence-electron chi connectivity index (χ3n) is 6.15. The van der Waals surface area contributed by atoms with Gasteiger partial charge in [-0.3, -0.25) is 4.79 Å². The molecule has 35 heavy (non-hydrogen) atoms. The highest BCUT2D eigenvalue weighted by molar-refractivity contribution is 7.10. The Bertz CT molecular complexity index is 1380. The molecule has 6 heteroatoms. The maximum absolute atomic E-state index is 13.2. The molecule has 1 aliphatic carbocycles. The summed E-state index contributed by atoms with van der Waals surface area (Å²) in [6, 6.07) is 21.9. The van der Waals surface area contributed by atoms with Gasteiger partial charge in [0.05, 0.1) is 16.8 Å². The van der Waals surface area contributed by atoms with Gasteiger partial charge in [-0.05, 0) is 66.0 Å². The van der Waals surface area contributed by atoms with Crippen molar-refractivity contribution in [1.82, 2.24) is 10.3 Å². The number of fused-ring (bicyclic) bond motifs is 2. The van der Waals surface area contributed by atoms with Crippen molar-refractivity contribution in [1.29, 1.82) is 0 Å². The summed E-state index contributed by atoms with van der Waals surface area (Å²) < 4.78 is 5.48. The van der Waals surface area contributed by atoms with E-state index < -0.39 is 5.97 Å². The maximum atomic E-state index is 13.2. The van der Waals surface area contributed by atoms with Gasteiger partial charge in [-0.2, -0.15) is 0 Å². The molecule has 0 fully saturated rings. The Balaban J connectivity index is 1.28. The lowest BCUT2D eigenvalue weighted by molar-refractivity contribution is -0.124. The predicted molar refractivity (Wildman–Crippen MR) is 140 cm³/mol. The van der Waals surface area contributed by atoms with E-state index in [0.717, 1.165) is 58.3 Å². The van der Waals surface area contributed by atoms with E-state index in [-0.39, 0.29) is 12.5 Å². The molecule has 2 aromatic carbocycles. The number of benzene rings is 2. The molecule has 2 aromatic heterocycles. The summed E-state index contributed by atoms with van der Waals surface area (Å²) in [6.07, 6.45) is 5.40. The number of carbonyl (C=O) groups is 2. The van der Waals surface area contributed by atoms with Crippen LogP contribution in [0, 0.1) is 0 Å². The highest BCUT2D eigenvalue weighted by Gasteiger charge is 2.28. The van der Waals surface area contributed by atoms with Crippen LogP contribution in [0.1, 0.15) is 44.9 Å². The van der Waals surface area contributed by atoms with Gasteiger partial charge in [0.1, 0.15) is 0 Å². The number of nitrogens with zero attached hydrogens (tertiary/aromatic N) is 1. The van der Waals surface area contributed by atoms with Crippen LogP contribution in [0.5, 0.6) is 0 Å². The third-order valence-corrected chi connectivity index (χ3v) is 6.97. The molecule has 1 amide bonds. The molecule has 1 aliphatic rings. The summed E-state index contributed by atoms with van der Waals surface area (Å²) in [5, 5.41) is 5.65. The largest absolute Gasteiger partial charge is 0.452 e. The number of allylic oxidation sites excluding steroid dienone is 1. The second-order valence-corrected chi connectivity index (χ2v) is 9.51. The first-order valence-corrected chi connectivity index (χ1v) is 12.7. The summed E-state index contributed by atoms with van der Waals surface area (Å²) in [4.78, 5) is 31.6. The van der Waals surface area contributed by atoms with Gasteiger partial charge < -0.3 is 10.1 Å². The first-order valence-electron chi connectivity index (χ1n) is 11.8. The summed E-state index contributed by atoms with van der Waals surface area (Å²) in [7, 11) is 0. The number of aromatic nitrogens is 1. The maximum Gasteiger partial charge on any atom is 0.339 e. The highest BCUT2D eigenvalue weighted by atomic mass is 32.1. The lowest BCUT2D eigenvalue weighted by atomic mass is 10.0. The molecule has 5 nitrogen and oxygen atoms in total. The van der Waals surface area contributed by atoms with Gasteiger partial charge in [-0.25, -0.2) is 9.78 Å². The molecule has 0 aliphatic heterocycles. The zero-order valence-electron chi connectivity index (χ0n) is 19.3. The van der Waals surface area contributed by atoms with E-state index in [1.54, 1.807) is 11.3 Å². The van der Waals surface area contributed by atoms with Crippen LogP contribution >= 0.6 is 11.3 Å². The number of carbonyl (C=O) groups excluding carboxylic acids is 2. The minimum absolute atomic E-state index is 0.292. The molecule has 0 saturated heterocycles. The fraction of sp³-hybridized carbons (Fsp3) is 0.207. The number of hydrogen-bond acceptors (Lipinski definition) is 5. The Kier molecular flexibility index (Phi) is 7.00. The highest BCUT2D eigenvalue weighted by Crippen LogP contribution is 2.38. The molecule has 0 radical (unpaired) electrons. The van der Waals surface area contributed by atoms with E-state index in [1.165, 1.54) is 5.56 Å². The molecule has 2 heterocycles. The SMILES string of the molecule is O=C(COC(=O)c1c2c(nc3ccccc13)C(=Cc1cccs1)CC2)NCCCc1ccccc1. The van der Waals surface area contributed by atoms with Gasteiger partial charge >= 0.3 is 5.97 Å². The van der Waals surface area contributed by atoms with E-state index in [2.05, 4.69) is 29.6 Å². The van der Waals surface area contributed by atoms with Crippen LogP contribution in [0.25, 0.3) is 22.6 Å². The fourth-order valence-corrected chi connectivity index (χ4v) is 5.16. The molecule has 4 aromatic rings. The zero-order chi connectivity index (χ0) is 24.0. The molecular formula is C29H26N2O3S. The van der Waals surface area contributed by atoms with Crippen LogP contribution in [0.4, 0.5) is 0 Å². The normalized spacial score (nSPS) is 13.7. The number of pyridine rings is 1. The van der Waals surface area contributed by atoms with Crippen molar-refractivity contribution in [3.63, 3.8) is 0 Å². The van der Waals surface area contributed by atoms with Gasteiger partial charge in [0, 0.05) is 16.8 Å². The summed E-state index contributed by atoms with van der Waals surface area (Å²) >= 11 is 1.68. The first kappa shape index (κ1) is 23.0. The van der Waals surface area contributed by atoms with Crippen LogP contribution in [-0.4, -0.2) is 30.0 Å². The number of aryl methyl sites for hydroxylation is 1. The molecule has 1 N–H and O–H groups in total. The van der Waals surface area contributed by atoms with E-state index in [0.29, 0.717) is 12.1 Å². The fourth-order valence-electron chi connectivity index (χ4n) is 4.48. The van der Waals surface area contributed by atoms with Crippen molar-refractivity contribution in [3.05, 3.63) is 99.4 Å². The number of amides is 1. The zero-order valence-corrected chi connectivity index (χ0v) is 20.1. The van der Waals surface area contributed by atoms with Crippen LogP contribution in [0.2, 0.25) is 0 Å². The minimum atomic E-state index is -0.475. The minimum Gasteiger partial charge on any atom is -0.452 e. The molecular weight excluding hydrogens is 456 g/mol. The molecule has 0 atom stereocenters. The van der Waals surface area contributed by atoms with Crippen LogP contribution in [-0.2, 0) is 22.4 Å². The van der Waals surface area contributed by atoms with Crippen molar-refractivity contribution in [3.8, 4) is 0 Å². The van der Waals surface area contributed by atoms with Crippen molar-refractivity contribution in [2.75, 3.05) is 13.2 Å². The number of ether oxygens (including phenoxy) is 1. The second kappa shape index (κ2) is 10.7. The molecule has 0 saturated carbocycles. The van der Waals surface area contributed by atoms with Gasteiger partial charge in [-0.1, -0.05) is 54.6 Å². The topological polar surface area (TPSA) is 68.3 Å².